The SMILES string of the molecule is CC1=NNC(=O)N(NC(=O)N/N=C(\C)c2ccc(Oc3ccc(Br)cc3)nc2)C1. The largest absolute Gasteiger partial charge is 0.439 e. The van der Waals surface area contributed by atoms with Gasteiger partial charge < -0.3 is 4.74 Å². The van der Waals surface area contributed by atoms with Crippen LogP contribution in [0.4, 0.5) is 9.59 Å². The summed E-state index contributed by atoms with van der Waals surface area (Å²) in [7, 11) is 0. The molecular weight excluding hydrogens is 442 g/mol. The van der Waals surface area contributed by atoms with Gasteiger partial charge in [0.15, 0.2) is 0 Å². The summed E-state index contributed by atoms with van der Waals surface area (Å²) < 4.78 is 6.62. The van der Waals surface area contributed by atoms with Crippen LogP contribution in [-0.4, -0.2) is 40.0 Å². The van der Waals surface area contributed by atoms with E-state index in [4.69, 9.17) is 4.74 Å². The van der Waals surface area contributed by atoms with E-state index in [9.17, 15) is 9.59 Å². The maximum Gasteiger partial charge on any atom is 0.356 e. The first-order valence-electron chi connectivity index (χ1n) is 8.52. The smallest absolute Gasteiger partial charge is 0.356 e. The molecule has 0 radical (unpaired) electrons. The first kappa shape index (κ1) is 20.3. The second kappa shape index (κ2) is 9.15. The van der Waals surface area contributed by atoms with Crippen molar-refractivity contribution >= 4 is 39.4 Å². The molecule has 11 heteroatoms. The molecule has 3 N–H and O–H groups in total. The highest BCUT2D eigenvalue weighted by Gasteiger charge is 2.20. The van der Waals surface area contributed by atoms with Crippen LogP contribution in [0.25, 0.3) is 0 Å². The zero-order valence-electron chi connectivity index (χ0n) is 15.6. The molecule has 150 valence electrons. The van der Waals surface area contributed by atoms with Crippen LogP contribution in [0, 0.1) is 0 Å². The van der Waals surface area contributed by atoms with E-state index < -0.39 is 12.1 Å². The van der Waals surface area contributed by atoms with Gasteiger partial charge in [0.1, 0.15) is 5.75 Å². The summed E-state index contributed by atoms with van der Waals surface area (Å²) >= 11 is 3.37. The third-order valence-corrected chi connectivity index (χ3v) is 4.25. The summed E-state index contributed by atoms with van der Waals surface area (Å²) in [6, 6.07) is 9.69. The Labute approximate surface area is 175 Å². The van der Waals surface area contributed by atoms with E-state index in [2.05, 4.69) is 47.4 Å². The summed E-state index contributed by atoms with van der Waals surface area (Å²) in [5.74, 6) is 1.10. The average molecular weight is 460 g/mol. The predicted molar refractivity (Wildman–Crippen MR) is 111 cm³/mol. The number of ether oxygens (including phenoxy) is 1. The number of hydrazine groups is 1. The van der Waals surface area contributed by atoms with Gasteiger partial charge in [0.2, 0.25) is 5.88 Å². The Kier molecular flexibility index (Phi) is 6.39. The second-order valence-corrected chi connectivity index (χ2v) is 6.96. The number of hydrogen-bond acceptors (Lipinski definition) is 6. The standard InChI is InChI=1S/C18H18BrN7O3/c1-11-10-26(18(28)24-21-11)25-17(27)23-22-12(2)13-3-8-16(20-9-13)29-15-6-4-14(19)5-7-15/h3-9H,10H2,1-2H3,(H,24,28)(H2,23,25,27)/b22-12+. The Morgan fingerprint density at radius 1 is 1.28 bits per heavy atom. The maximum atomic E-state index is 12.0. The van der Waals surface area contributed by atoms with Crippen LogP contribution in [0.5, 0.6) is 11.6 Å². The van der Waals surface area contributed by atoms with Crippen molar-refractivity contribution in [1.82, 2.24) is 26.3 Å². The molecule has 10 nitrogen and oxygen atoms in total. The molecule has 0 unspecified atom stereocenters. The number of rotatable bonds is 5. The molecular formula is C18H18BrN7O3. The number of aromatic nitrogens is 1. The van der Waals surface area contributed by atoms with Crippen molar-refractivity contribution in [2.45, 2.75) is 13.8 Å². The number of amides is 4. The monoisotopic (exact) mass is 459 g/mol. The predicted octanol–water partition coefficient (Wildman–Crippen LogP) is 2.98. The summed E-state index contributed by atoms with van der Waals surface area (Å²) in [5.41, 5.74) is 8.89. The van der Waals surface area contributed by atoms with E-state index >= 15 is 0 Å². The third-order valence-electron chi connectivity index (χ3n) is 3.73. The third kappa shape index (κ3) is 5.75. The first-order chi connectivity index (χ1) is 13.9. The molecule has 1 aromatic heterocycles. The first-order valence-corrected chi connectivity index (χ1v) is 9.31. The van der Waals surface area contributed by atoms with E-state index in [1.165, 1.54) is 0 Å². The van der Waals surface area contributed by atoms with Crippen LogP contribution in [0.1, 0.15) is 19.4 Å². The molecule has 0 aliphatic carbocycles. The van der Waals surface area contributed by atoms with Gasteiger partial charge in [0, 0.05) is 22.3 Å². The molecule has 1 aliphatic heterocycles. The number of pyridine rings is 1. The Hall–Kier alpha value is -3.47. The lowest BCUT2D eigenvalue weighted by Gasteiger charge is -2.25. The summed E-state index contributed by atoms with van der Waals surface area (Å²) in [4.78, 5) is 27.8. The maximum absolute atomic E-state index is 12.0. The molecule has 0 saturated heterocycles. The van der Waals surface area contributed by atoms with Crippen LogP contribution in [0.15, 0.2) is 57.3 Å². The minimum absolute atomic E-state index is 0.186. The van der Waals surface area contributed by atoms with Crippen molar-refractivity contribution in [3.63, 3.8) is 0 Å². The molecule has 0 spiro atoms. The van der Waals surface area contributed by atoms with Gasteiger partial charge in [-0.3, -0.25) is 0 Å². The Morgan fingerprint density at radius 3 is 2.72 bits per heavy atom. The van der Waals surface area contributed by atoms with Gasteiger partial charge in [-0.25, -0.2) is 35.9 Å². The minimum atomic E-state index is -0.655. The molecule has 2 aromatic rings. The Balaban J connectivity index is 1.55. The number of hydrazone groups is 2. The fourth-order valence-corrected chi connectivity index (χ4v) is 2.52. The molecule has 0 saturated carbocycles. The Bertz CT molecular complexity index is 958. The number of halogens is 1. The molecule has 1 aromatic carbocycles. The average Bonchev–Trinajstić information content (AvgIpc) is 2.71. The van der Waals surface area contributed by atoms with Gasteiger partial charge >= 0.3 is 12.1 Å². The fourth-order valence-electron chi connectivity index (χ4n) is 2.25. The van der Waals surface area contributed by atoms with Gasteiger partial charge in [-0.05, 0) is 44.2 Å². The molecule has 4 amide bonds. The van der Waals surface area contributed by atoms with Crippen molar-refractivity contribution in [3.8, 4) is 11.6 Å². The molecule has 0 fully saturated rings. The van der Waals surface area contributed by atoms with Crippen molar-refractivity contribution in [2.75, 3.05) is 6.54 Å². The zero-order chi connectivity index (χ0) is 20.8. The lowest BCUT2D eigenvalue weighted by atomic mass is 10.2. The number of hydrogen-bond donors (Lipinski definition) is 3. The topological polar surface area (TPSA) is 120 Å². The van der Waals surface area contributed by atoms with Gasteiger partial charge in [0.05, 0.1) is 18.0 Å². The van der Waals surface area contributed by atoms with E-state index in [0.29, 0.717) is 28.6 Å². The normalized spacial score (nSPS) is 14.0. The summed E-state index contributed by atoms with van der Waals surface area (Å²) in [5, 5.41) is 8.88. The van der Waals surface area contributed by atoms with Gasteiger partial charge in [-0.1, -0.05) is 15.9 Å². The molecule has 1 aliphatic rings. The molecule has 3 rings (SSSR count). The van der Waals surface area contributed by atoms with E-state index in [0.717, 1.165) is 9.48 Å². The van der Waals surface area contributed by atoms with Crippen LogP contribution >= 0.6 is 15.9 Å². The van der Waals surface area contributed by atoms with Gasteiger partial charge in [0.25, 0.3) is 0 Å². The number of urea groups is 2. The highest BCUT2D eigenvalue weighted by atomic mass is 79.9. The van der Waals surface area contributed by atoms with E-state index in [1.54, 1.807) is 32.2 Å². The number of benzene rings is 1. The minimum Gasteiger partial charge on any atom is -0.439 e. The quantitative estimate of drug-likeness (QED) is 0.469. The fraction of sp³-hybridized carbons (Fsp3) is 0.167. The summed E-state index contributed by atoms with van der Waals surface area (Å²) in [6.45, 7) is 3.63. The lowest BCUT2D eigenvalue weighted by Crippen LogP contribution is -2.56. The second-order valence-electron chi connectivity index (χ2n) is 6.04. The Morgan fingerprint density at radius 2 is 2.03 bits per heavy atom. The number of nitrogens with zero attached hydrogens (tertiary/aromatic N) is 4. The highest BCUT2D eigenvalue weighted by molar-refractivity contribution is 9.10. The van der Waals surface area contributed by atoms with E-state index in [-0.39, 0.29) is 6.54 Å². The van der Waals surface area contributed by atoms with Crippen LogP contribution < -0.4 is 21.0 Å². The van der Waals surface area contributed by atoms with Crippen molar-refractivity contribution in [2.24, 2.45) is 10.2 Å². The van der Waals surface area contributed by atoms with Crippen molar-refractivity contribution < 1.29 is 14.3 Å². The molecule has 29 heavy (non-hydrogen) atoms. The highest BCUT2D eigenvalue weighted by Crippen LogP contribution is 2.21. The number of nitrogens with one attached hydrogen (secondary N) is 3. The summed E-state index contributed by atoms with van der Waals surface area (Å²) in [6.07, 6.45) is 1.59. The van der Waals surface area contributed by atoms with Crippen molar-refractivity contribution in [1.29, 1.82) is 0 Å². The number of carbonyl (C=O) groups is 2. The van der Waals surface area contributed by atoms with Gasteiger partial charge in [-0.15, -0.1) is 0 Å². The lowest BCUT2D eigenvalue weighted by molar-refractivity contribution is 0.173. The van der Waals surface area contributed by atoms with Crippen LogP contribution in [0.3, 0.4) is 0 Å². The number of carbonyl (C=O) groups excluding carboxylic acids is 2. The van der Waals surface area contributed by atoms with Crippen LogP contribution in [-0.2, 0) is 0 Å². The molecule has 0 atom stereocenters. The van der Waals surface area contributed by atoms with Crippen molar-refractivity contribution in [3.05, 3.63) is 52.6 Å². The van der Waals surface area contributed by atoms with Gasteiger partial charge in [-0.2, -0.15) is 10.2 Å². The zero-order valence-corrected chi connectivity index (χ0v) is 17.2. The molecule has 0 bridgehead atoms. The van der Waals surface area contributed by atoms with E-state index in [1.807, 2.05) is 24.3 Å². The van der Waals surface area contributed by atoms with Crippen LogP contribution in [0.2, 0.25) is 0 Å². The molecule has 2 heterocycles.